The maximum absolute atomic E-state index is 12.5. The number of ether oxygens (including phenoxy) is 1. The highest BCUT2D eigenvalue weighted by atomic mass is 32.2. The number of sulfonamides is 1. The summed E-state index contributed by atoms with van der Waals surface area (Å²) in [6.45, 7) is 3.72. The Morgan fingerprint density at radius 3 is 2.47 bits per heavy atom. The van der Waals surface area contributed by atoms with Gasteiger partial charge >= 0.3 is 5.97 Å². The van der Waals surface area contributed by atoms with Crippen molar-refractivity contribution in [2.75, 3.05) is 14.2 Å². The van der Waals surface area contributed by atoms with Crippen molar-refractivity contribution in [3.05, 3.63) is 29.8 Å². The Morgan fingerprint density at radius 2 is 1.95 bits per heavy atom. The number of methoxy groups -OCH3 is 1. The molecular weight excluding hydrogens is 266 g/mol. The van der Waals surface area contributed by atoms with Crippen LogP contribution < -0.4 is 0 Å². The lowest BCUT2D eigenvalue weighted by Crippen LogP contribution is -2.35. The lowest BCUT2D eigenvalue weighted by molar-refractivity contribution is 0.0596. The van der Waals surface area contributed by atoms with Gasteiger partial charge in [-0.2, -0.15) is 4.31 Å². The third kappa shape index (κ3) is 3.13. The van der Waals surface area contributed by atoms with Crippen LogP contribution in [0.2, 0.25) is 0 Å². The van der Waals surface area contributed by atoms with Gasteiger partial charge in [0.25, 0.3) is 0 Å². The van der Waals surface area contributed by atoms with Crippen LogP contribution in [0, 0.1) is 0 Å². The molecule has 0 saturated heterocycles. The van der Waals surface area contributed by atoms with E-state index in [9.17, 15) is 13.2 Å². The van der Waals surface area contributed by atoms with Crippen LogP contribution in [0.4, 0.5) is 0 Å². The average Bonchev–Trinajstić information content (AvgIpc) is 2.44. The highest BCUT2D eigenvalue weighted by Crippen LogP contribution is 2.22. The SMILES string of the molecule is CCC(C)N(C)S(=O)(=O)c1ccccc1C(=O)OC. The number of carbonyl (C=O) groups excluding carboxylic acids is 1. The van der Waals surface area contributed by atoms with Crippen LogP contribution >= 0.6 is 0 Å². The zero-order valence-corrected chi connectivity index (χ0v) is 12.4. The van der Waals surface area contributed by atoms with Crippen LogP contribution in [0.15, 0.2) is 29.2 Å². The summed E-state index contributed by atoms with van der Waals surface area (Å²) in [4.78, 5) is 11.6. The number of rotatable bonds is 5. The van der Waals surface area contributed by atoms with E-state index in [1.54, 1.807) is 12.1 Å². The van der Waals surface area contributed by atoms with Gasteiger partial charge in [-0.3, -0.25) is 0 Å². The molecule has 1 aromatic rings. The second-order valence-electron chi connectivity index (χ2n) is 4.27. The Kier molecular flexibility index (Phi) is 5.08. The third-order valence-electron chi connectivity index (χ3n) is 3.16. The average molecular weight is 285 g/mol. The van der Waals surface area contributed by atoms with Crippen LogP contribution in [0.25, 0.3) is 0 Å². The Labute approximate surface area is 114 Å². The van der Waals surface area contributed by atoms with E-state index in [0.29, 0.717) is 6.42 Å². The second-order valence-corrected chi connectivity index (χ2v) is 6.23. The molecule has 1 atom stereocenters. The summed E-state index contributed by atoms with van der Waals surface area (Å²) in [6, 6.07) is 5.91. The van der Waals surface area contributed by atoms with Gasteiger partial charge in [0.05, 0.1) is 17.6 Å². The predicted octanol–water partition coefficient (Wildman–Crippen LogP) is 1.89. The van der Waals surface area contributed by atoms with E-state index in [1.165, 1.54) is 30.6 Å². The first-order chi connectivity index (χ1) is 8.86. The van der Waals surface area contributed by atoms with Gasteiger partial charge in [-0.25, -0.2) is 13.2 Å². The number of nitrogens with zero attached hydrogens (tertiary/aromatic N) is 1. The van der Waals surface area contributed by atoms with Crippen LogP contribution in [-0.4, -0.2) is 38.9 Å². The van der Waals surface area contributed by atoms with E-state index in [0.717, 1.165) is 0 Å². The molecule has 0 aliphatic rings. The van der Waals surface area contributed by atoms with Gasteiger partial charge in [0.15, 0.2) is 0 Å². The number of hydrogen-bond acceptors (Lipinski definition) is 4. The van der Waals surface area contributed by atoms with Gasteiger partial charge in [-0.05, 0) is 25.5 Å². The Morgan fingerprint density at radius 1 is 1.37 bits per heavy atom. The van der Waals surface area contributed by atoms with Crippen molar-refractivity contribution in [1.29, 1.82) is 0 Å². The fraction of sp³-hybridized carbons (Fsp3) is 0.462. The molecule has 0 aliphatic heterocycles. The van der Waals surface area contributed by atoms with E-state index in [1.807, 2.05) is 13.8 Å². The zero-order chi connectivity index (χ0) is 14.6. The van der Waals surface area contributed by atoms with Crippen molar-refractivity contribution in [2.24, 2.45) is 0 Å². The van der Waals surface area contributed by atoms with E-state index in [2.05, 4.69) is 4.74 Å². The van der Waals surface area contributed by atoms with Crippen molar-refractivity contribution in [3.63, 3.8) is 0 Å². The molecule has 1 aromatic carbocycles. The smallest absolute Gasteiger partial charge is 0.339 e. The van der Waals surface area contributed by atoms with E-state index in [-0.39, 0.29) is 16.5 Å². The quantitative estimate of drug-likeness (QED) is 0.775. The number of hydrogen-bond donors (Lipinski definition) is 0. The van der Waals surface area contributed by atoms with Gasteiger partial charge in [0.1, 0.15) is 0 Å². The first-order valence-electron chi connectivity index (χ1n) is 6.01. The minimum absolute atomic E-state index is 0.0235. The minimum Gasteiger partial charge on any atom is -0.465 e. The largest absolute Gasteiger partial charge is 0.465 e. The molecule has 0 aliphatic carbocycles. The number of esters is 1. The maximum Gasteiger partial charge on any atom is 0.339 e. The molecule has 0 radical (unpaired) electrons. The van der Waals surface area contributed by atoms with Crippen molar-refractivity contribution < 1.29 is 17.9 Å². The lowest BCUT2D eigenvalue weighted by Gasteiger charge is -2.24. The molecule has 1 rings (SSSR count). The highest BCUT2D eigenvalue weighted by Gasteiger charge is 2.28. The van der Waals surface area contributed by atoms with E-state index < -0.39 is 16.0 Å². The summed E-state index contributed by atoms with van der Waals surface area (Å²) < 4.78 is 30.9. The molecule has 106 valence electrons. The summed E-state index contributed by atoms with van der Waals surface area (Å²) in [5.74, 6) is -0.656. The summed E-state index contributed by atoms with van der Waals surface area (Å²) in [5.41, 5.74) is 0.0557. The van der Waals surface area contributed by atoms with Crippen LogP contribution in [0.3, 0.4) is 0 Å². The van der Waals surface area contributed by atoms with Crippen LogP contribution in [0.5, 0.6) is 0 Å². The first kappa shape index (κ1) is 15.7. The zero-order valence-electron chi connectivity index (χ0n) is 11.6. The maximum atomic E-state index is 12.5. The third-order valence-corrected chi connectivity index (χ3v) is 5.19. The normalized spacial score (nSPS) is 13.3. The molecule has 0 saturated carbocycles. The summed E-state index contributed by atoms with van der Waals surface area (Å²) in [5, 5.41) is 0. The van der Waals surface area contributed by atoms with E-state index >= 15 is 0 Å². The molecule has 0 aromatic heterocycles. The second kappa shape index (κ2) is 6.16. The molecule has 0 fully saturated rings. The van der Waals surface area contributed by atoms with E-state index in [4.69, 9.17) is 0 Å². The predicted molar refractivity (Wildman–Crippen MR) is 72.5 cm³/mol. The Hall–Kier alpha value is -1.40. The van der Waals surface area contributed by atoms with Crippen LogP contribution in [-0.2, 0) is 14.8 Å². The summed E-state index contributed by atoms with van der Waals surface area (Å²) in [6.07, 6.45) is 0.691. The molecule has 19 heavy (non-hydrogen) atoms. The van der Waals surface area contributed by atoms with Crippen LogP contribution in [0.1, 0.15) is 30.6 Å². The van der Waals surface area contributed by atoms with Gasteiger partial charge in [-0.1, -0.05) is 19.1 Å². The van der Waals surface area contributed by atoms with Crippen molar-refractivity contribution >= 4 is 16.0 Å². The summed E-state index contributed by atoms with van der Waals surface area (Å²) >= 11 is 0. The fourth-order valence-corrected chi connectivity index (χ4v) is 3.23. The molecule has 6 heteroatoms. The lowest BCUT2D eigenvalue weighted by atomic mass is 10.2. The van der Waals surface area contributed by atoms with Crippen molar-refractivity contribution in [1.82, 2.24) is 4.31 Å². The molecule has 5 nitrogen and oxygen atoms in total. The monoisotopic (exact) mass is 285 g/mol. The van der Waals surface area contributed by atoms with Crippen molar-refractivity contribution in [2.45, 2.75) is 31.2 Å². The molecule has 0 N–H and O–H groups in total. The molecule has 1 unspecified atom stereocenters. The molecular formula is C13H19NO4S. The number of benzene rings is 1. The standard InChI is InChI=1S/C13H19NO4S/c1-5-10(2)14(3)19(16,17)12-9-7-6-8-11(12)13(15)18-4/h6-10H,5H2,1-4H3. The Bertz CT molecular complexity index is 554. The van der Waals surface area contributed by atoms with Gasteiger partial charge in [0.2, 0.25) is 10.0 Å². The van der Waals surface area contributed by atoms with Crippen molar-refractivity contribution in [3.8, 4) is 0 Å². The van der Waals surface area contributed by atoms with Gasteiger partial charge < -0.3 is 4.74 Å². The molecule has 0 spiro atoms. The van der Waals surface area contributed by atoms with Gasteiger partial charge in [-0.15, -0.1) is 0 Å². The molecule has 0 bridgehead atoms. The fourth-order valence-electron chi connectivity index (χ4n) is 1.62. The highest BCUT2D eigenvalue weighted by molar-refractivity contribution is 7.89. The number of carbonyl (C=O) groups is 1. The molecule has 0 amide bonds. The summed E-state index contributed by atoms with van der Waals surface area (Å²) in [7, 11) is -0.966. The van der Waals surface area contributed by atoms with Gasteiger partial charge in [0, 0.05) is 13.1 Å². The first-order valence-corrected chi connectivity index (χ1v) is 7.45. The Balaban J connectivity index is 3.33. The topological polar surface area (TPSA) is 63.7 Å². The molecule has 0 heterocycles. The minimum atomic E-state index is -3.70.